The van der Waals surface area contributed by atoms with Crippen molar-refractivity contribution in [3.05, 3.63) is 29.8 Å². The maximum Gasteiger partial charge on any atom is 0.242 e. The molecule has 0 radical (unpaired) electrons. The number of carbonyl (C=O) groups is 1. The third-order valence-corrected chi connectivity index (χ3v) is 4.25. The second kappa shape index (κ2) is 6.48. The van der Waals surface area contributed by atoms with Crippen LogP contribution in [0, 0.1) is 0 Å². The van der Waals surface area contributed by atoms with Crippen LogP contribution in [-0.2, 0) is 4.79 Å². The fourth-order valence-electron chi connectivity index (χ4n) is 3.16. The zero-order chi connectivity index (χ0) is 15.5. The third kappa shape index (κ3) is 3.38. The van der Waals surface area contributed by atoms with Crippen molar-refractivity contribution in [2.75, 3.05) is 13.7 Å². The number of nitrogens with two attached hydrogens (primary N) is 1. The van der Waals surface area contributed by atoms with Crippen molar-refractivity contribution in [3.63, 3.8) is 0 Å². The van der Waals surface area contributed by atoms with Crippen LogP contribution in [0.3, 0.4) is 0 Å². The molecule has 1 aromatic carbocycles. The summed E-state index contributed by atoms with van der Waals surface area (Å²) in [5.41, 5.74) is 6.60. The lowest BCUT2D eigenvalue weighted by Crippen LogP contribution is -2.52. The van der Waals surface area contributed by atoms with E-state index in [0.717, 1.165) is 37.1 Å². The quantitative estimate of drug-likeness (QED) is 0.907. The van der Waals surface area contributed by atoms with Gasteiger partial charge in [-0.15, -0.1) is 0 Å². The summed E-state index contributed by atoms with van der Waals surface area (Å²) in [4.78, 5) is 14.7. The topological polar surface area (TPSA) is 55.6 Å². The number of rotatable bonds is 5. The molecule has 2 unspecified atom stereocenters. The second-order valence-corrected chi connectivity index (χ2v) is 6.10. The summed E-state index contributed by atoms with van der Waals surface area (Å²) in [7, 11) is 1.66. The maximum atomic E-state index is 12.8. The summed E-state index contributed by atoms with van der Waals surface area (Å²) >= 11 is 0. The Balaban J connectivity index is 2.22. The summed E-state index contributed by atoms with van der Waals surface area (Å²) in [6, 6.07) is 8.10. The van der Waals surface area contributed by atoms with Gasteiger partial charge in [0.2, 0.25) is 5.91 Å². The molecule has 0 aliphatic carbocycles. The molecule has 1 saturated heterocycles. The Morgan fingerprint density at radius 2 is 2.29 bits per heavy atom. The highest BCUT2D eigenvalue weighted by atomic mass is 16.5. The molecule has 21 heavy (non-hydrogen) atoms. The Hall–Kier alpha value is -1.55. The van der Waals surface area contributed by atoms with Crippen LogP contribution in [-0.4, -0.2) is 30.0 Å². The maximum absolute atomic E-state index is 12.8. The molecule has 2 N–H and O–H groups in total. The van der Waals surface area contributed by atoms with Gasteiger partial charge < -0.3 is 15.4 Å². The van der Waals surface area contributed by atoms with E-state index in [0.29, 0.717) is 6.42 Å². The summed E-state index contributed by atoms with van der Waals surface area (Å²) in [5, 5.41) is 0. The van der Waals surface area contributed by atoms with E-state index in [4.69, 9.17) is 10.5 Å². The average molecular weight is 290 g/mol. The van der Waals surface area contributed by atoms with Crippen LogP contribution >= 0.6 is 0 Å². The first-order valence-electron chi connectivity index (χ1n) is 7.73. The lowest BCUT2D eigenvalue weighted by atomic mass is 9.94. The molecule has 0 aromatic heterocycles. The number of benzene rings is 1. The minimum atomic E-state index is -0.768. The van der Waals surface area contributed by atoms with Crippen molar-refractivity contribution in [1.82, 2.24) is 4.90 Å². The Labute approximate surface area is 127 Å². The lowest BCUT2D eigenvalue weighted by molar-refractivity contribution is -0.137. The van der Waals surface area contributed by atoms with Crippen LogP contribution in [0.25, 0.3) is 0 Å². The van der Waals surface area contributed by atoms with E-state index in [1.54, 1.807) is 7.11 Å². The molecular formula is C17H26N2O2. The number of ether oxygens (including phenoxy) is 1. The van der Waals surface area contributed by atoms with E-state index < -0.39 is 5.54 Å². The Kier molecular flexibility index (Phi) is 4.88. The normalized spacial score (nSPS) is 21.1. The van der Waals surface area contributed by atoms with Crippen LogP contribution < -0.4 is 10.5 Å². The van der Waals surface area contributed by atoms with Crippen LogP contribution in [0.5, 0.6) is 5.75 Å². The molecule has 0 saturated carbocycles. The minimum Gasteiger partial charge on any atom is -0.497 e. The van der Waals surface area contributed by atoms with E-state index in [9.17, 15) is 4.79 Å². The zero-order valence-electron chi connectivity index (χ0n) is 13.3. The van der Waals surface area contributed by atoms with Crippen molar-refractivity contribution in [2.24, 2.45) is 5.73 Å². The number of nitrogens with zero attached hydrogens (tertiary/aromatic N) is 1. The van der Waals surface area contributed by atoms with Gasteiger partial charge in [0, 0.05) is 6.54 Å². The summed E-state index contributed by atoms with van der Waals surface area (Å²) in [5.74, 6) is 0.894. The van der Waals surface area contributed by atoms with E-state index >= 15 is 0 Å². The molecule has 1 amide bonds. The molecule has 1 aliphatic rings. The molecule has 4 nitrogen and oxygen atoms in total. The molecule has 2 atom stereocenters. The average Bonchev–Trinajstić information content (AvgIpc) is 2.95. The highest BCUT2D eigenvalue weighted by molar-refractivity contribution is 5.86. The highest BCUT2D eigenvalue weighted by Crippen LogP contribution is 2.35. The van der Waals surface area contributed by atoms with Crippen molar-refractivity contribution in [2.45, 2.75) is 51.1 Å². The van der Waals surface area contributed by atoms with Gasteiger partial charge in [-0.3, -0.25) is 4.79 Å². The fraction of sp³-hybridized carbons (Fsp3) is 0.588. The summed E-state index contributed by atoms with van der Waals surface area (Å²) in [6.45, 7) is 4.69. The molecule has 1 fully saturated rings. The van der Waals surface area contributed by atoms with Gasteiger partial charge >= 0.3 is 0 Å². The minimum absolute atomic E-state index is 0.0645. The molecule has 116 valence electrons. The van der Waals surface area contributed by atoms with Crippen molar-refractivity contribution in [1.29, 1.82) is 0 Å². The van der Waals surface area contributed by atoms with E-state index in [1.807, 2.05) is 30.0 Å². The molecule has 1 heterocycles. The van der Waals surface area contributed by atoms with Gasteiger partial charge in [0.1, 0.15) is 5.75 Å². The van der Waals surface area contributed by atoms with Gasteiger partial charge in [0.25, 0.3) is 0 Å². The first-order valence-corrected chi connectivity index (χ1v) is 7.73. The van der Waals surface area contributed by atoms with Gasteiger partial charge in [0.15, 0.2) is 0 Å². The smallest absolute Gasteiger partial charge is 0.242 e. The number of methoxy groups -OCH3 is 1. The first kappa shape index (κ1) is 15.8. The summed E-state index contributed by atoms with van der Waals surface area (Å²) in [6.07, 6.45) is 3.64. The highest BCUT2D eigenvalue weighted by Gasteiger charge is 2.38. The predicted molar refractivity (Wildman–Crippen MR) is 84.2 cm³/mol. The molecule has 4 heteroatoms. The number of amides is 1. The van der Waals surface area contributed by atoms with Gasteiger partial charge in [-0.2, -0.15) is 0 Å². The number of likely N-dealkylation sites (tertiary alicyclic amines) is 1. The SMILES string of the molecule is CCCC(C)(N)C(=O)N1CCCC1c1cccc(OC)c1. The molecule has 2 rings (SSSR count). The van der Waals surface area contributed by atoms with E-state index in [-0.39, 0.29) is 11.9 Å². The van der Waals surface area contributed by atoms with Crippen molar-refractivity contribution in [3.8, 4) is 5.75 Å². The van der Waals surface area contributed by atoms with Gasteiger partial charge in [-0.25, -0.2) is 0 Å². The van der Waals surface area contributed by atoms with Crippen LogP contribution in [0.4, 0.5) is 0 Å². The number of hydrogen-bond donors (Lipinski definition) is 1. The van der Waals surface area contributed by atoms with Crippen LogP contribution in [0.15, 0.2) is 24.3 Å². The molecule has 0 spiro atoms. The number of hydrogen-bond acceptors (Lipinski definition) is 3. The van der Waals surface area contributed by atoms with Crippen LogP contribution in [0.2, 0.25) is 0 Å². The molecule has 0 bridgehead atoms. The second-order valence-electron chi connectivity index (χ2n) is 6.10. The van der Waals surface area contributed by atoms with E-state index in [1.165, 1.54) is 0 Å². The Morgan fingerprint density at radius 1 is 1.52 bits per heavy atom. The monoisotopic (exact) mass is 290 g/mol. The summed E-state index contributed by atoms with van der Waals surface area (Å²) < 4.78 is 5.29. The van der Waals surface area contributed by atoms with Crippen molar-refractivity contribution >= 4 is 5.91 Å². The molecule has 1 aromatic rings. The lowest BCUT2D eigenvalue weighted by Gasteiger charge is -2.33. The fourth-order valence-corrected chi connectivity index (χ4v) is 3.16. The zero-order valence-corrected chi connectivity index (χ0v) is 13.3. The molecule has 1 aliphatic heterocycles. The Morgan fingerprint density at radius 3 is 2.95 bits per heavy atom. The largest absolute Gasteiger partial charge is 0.497 e. The standard InChI is InChI=1S/C17H26N2O2/c1-4-10-17(2,18)16(20)19-11-6-9-15(19)13-7-5-8-14(12-13)21-3/h5,7-8,12,15H,4,6,9-11,18H2,1-3H3. The van der Waals surface area contributed by atoms with Crippen molar-refractivity contribution < 1.29 is 9.53 Å². The van der Waals surface area contributed by atoms with E-state index in [2.05, 4.69) is 13.0 Å². The van der Waals surface area contributed by atoms with Gasteiger partial charge in [0.05, 0.1) is 18.7 Å². The molecular weight excluding hydrogens is 264 g/mol. The first-order chi connectivity index (χ1) is 9.99. The predicted octanol–water partition coefficient (Wildman–Crippen LogP) is 2.88. The van der Waals surface area contributed by atoms with Crippen LogP contribution in [0.1, 0.15) is 51.1 Å². The third-order valence-electron chi connectivity index (χ3n) is 4.25. The van der Waals surface area contributed by atoms with Gasteiger partial charge in [-0.1, -0.05) is 25.5 Å². The number of carbonyl (C=O) groups excluding carboxylic acids is 1. The van der Waals surface area contributed by atoms with Gasteiger partial charge in [-0.05, 0) is 43.9 Å². The Bertz CT molecular complexity index is 499.